The van der Waals surface area contributed by atoms with Crippen molar-refractivity contribution in [1.29, 1.82) is 0 Å². The Hall–Kier alpha value is -2.13. The van der Waals surface area contributed by atoms with Gasteiger partial charge in [0.15, 0.2) is 6.10 Å². The predicted octanol–water partition coefficient (Wildman–Crippen LogP) is 6.28. The van der Waals surface area contributed by atoms with Gasteiger partial charge in [-0.15, -0.1) is 11.3 Å². The fraction of sp³-hybridized carbons (Fsp3) is 0.176. The number of halogens is 4. The van der Waals surface area contributed by atoms with Crippen LogP contribution in [0.1, 0.15) is 23.7 Å². The van der Waals surface area contributed by atoms with E-state index in [1.54, 1.807) is 11.6 Å². The van der Waals surface area contributed by atoms with Gasteiger partial charge in [0.2, 0.25) is 0 Å². The molecule has 0 N–H and O–H groups in total. The second kappa shape index (κ2) is 6.55. The first kappa shape index (κ1) is 17.3. The molecule has 1 aromatic heterocycles. The van der Waals surface area contributed by atoms with Gasteiger partial charge in [0, 0.05) is 12.0 Å². The van der Waals surface area contributed by atoms with Crippen LogP contribution in [0.5, 0.6) is 11.5 Å². The molecule has 0 saturated heterocycles. The summed E-state index contributed by atoms with van der Waals surface area (Å²) in [5.41, 5.74) is 2.39. The van der Waals surface area contributed by atoms with Gasteiger partial charge in [-0.1, -0.05) is 11.2 Å². The first-order chi connectivity index (χ1) is 12.4. The van der Waals surface area contributed by atoms with E-state index in [1.807, 2.05) is 6.07 Å². The molecule has 1 aliphatic rings. The lowest BCUT2D eigenvalue weighted by atomic mass is 10.1. The van der Waals surface area contributed by atoms with Gasteiger partial charge in [-0.05, 0) is 46.3 Å². The Bertz CT molecular complexity index is 1000. The van der Waals surface area contributed by atoms with E-state index in [4.69, 9.17) is 9.57 Å². The van der Waals surface area contributed by atoms with E-state index in [9.17, 15) is 13.2 Å². The van der Waals surface area contributed by atoms with Gasteiger partial charge >= 0.3 is 6.18 Å². The number of hydrogen-bond acceptors (Lipinski definition) is 5. The minimum absolute atomic E-state index is 0.108. The van der Waals surface area contributed by atoms with Crippen molar-refractivity contribution >= 4 is 42.1 Å². The number of fused-ring (bicyclic) bond motifs is 1. The standard InChI is InChI=1S/C17H10BrF3N2O2S/c18-15-7-13(25-23-15)9-4-12-16(26-8-22-12)14(5-9)24-11-3-1-2-10(6-11)17(19,20)21/h1-6,8,13H,7H2. The molecule has 0 spiro atoms. The smallest absolute Gasteiger partial charge is 0.416 e. The van der Waals surface area contributed by atoms with Crippen LogP contribution in [0.3, 0.4) is 0 Å². The molecule has 134 valence electrons. The molecule has 4 nitrogen and oxygen atoms in total. The molecule has 0 bridgehead atoms. The van der Waals surface area contributed by atoms with Crippen LogP contribution in [0.15, 0.2) is 47.1 Å². The summed E-state index contributed by atoms with van der Waals surface area (Å²) in [4.78, 5) is 9.64. The van der Waals surface area contributed by atoms with Gasteiger partial charge in [0.05, 0.1) is 21.3 Å². The SMILES string of the molecule is FC(F)(F)c1cccc(Oc2cc(C3CC(Br)=NO3)cc3ncsc23)c1. The van der Waals surface area contributed by atoms with Crippen molar-refractivity contribution in [2.75, 3.05) is 0 Å². The minimum Gasteiger partial charge on any atom is -0.456 e. The fourth-order valence-electron chi connectivity index (χ4n) is 2.61. The van der Waals surface area contributed by atoms with E-state index in [2.05, 4.69) is 26.1 Å². The number of alkyl halides is 3. The molecule has 9 heteroatoms. The lowest BCUT2D eigenvalue weighted by Gasteiger charge is -2.13. The average Bonchev–Trinajstić information content (AvgIpc) is 3.23. The lowest BCUT2D eigenvalue weighted by Crippen LogP contribution is -2.04. The number of rotatable bonds is 3. The molecule has 1 unspecified atom stereocenters. The molecule has 1 aliphatic heterocycles. The quantitative estimate of drug-likeness (QED) is 0.479. The normalized spacial score (nSPS) is 17.2. The maximum Gasteiger partial charge on any atom is 0.416 e. The summed E-state index contributed by atoms with van der Waals surface area (Å²) in [5.74, 6) is 0.544. The van der Waals surface area contributed by atoms with Crippen LogP contribution in [0, 0.1) is 0 Å². The molecule has 1 atom stereocenters. The van der Waals surface area contributed by atoms with Crippen molar-refractivity contribution in [2.24, 2.45) is 5.16 Å². The van der Waals surface area contributed by atoms with Crippen molar-refractivity contribution < 1.29 is 22.7 Å². The summed E-state index contributed by atoms with van der Waals surface area (Å²) in [5, 5.41) is 3.86. The Labute approximate surface area is 158 Å². The number of oxime groups is 1. The van der Waals surface area contributed by atoms with Crippen LogP contribution >= 0.6 is 27.3 Å². The maximum atomic E-state index is 12.9. The van der Waals surface area contributed by atoms with E-state index in [0.29, 0.717) is 22.3 Å². The average molecular weight is 443 g/mol. The van der Waals surface area contributed by atoms with Crippen LogP contribution in [-0.2, 0) is 11.0 Å². The third-order valence-corrected chi connectivity index (χ3v) is 5.14. The van der Waals surface area contributed by atoms with Gasteiger partial charge in [0.1, 0.15) is 16.1 Å². The van der Waals surface area contributed by atoms with Gasteiger partial charge in [-0.3, -0.25) is 0 Å². The lowest BCUT2D eigenvalue weighted by molar-refractivity contribution is -0.137. The van der Waals surface area contributed by atoms with Crippen molar-refractivity contribution in [3.63, 3.8) is 0 Å². The van der Waals surface area contributed by atoms with E-state index in [-0.39, 0.29) is 11.9 Å². The number of aromatic nitrogens is 1. The maximum absolute atomic E-state index is 12.9. The summed E-state index contributed by atoms with van der Waals surface area (Å²) in [7, 11) is 0. The largest absolute Gasteiger partial charge is 0.456 e. The van der Waals surface area contributed by atoms with Gasteiger partial charge in [-0.25, -0.2) is 4.98 Å². The van der Waals surface area contributed by atoms with Gasteiger partial charge < -0.3 is 9.57 Å². The zero-order valence-electron chi connectivity index (χ0n) is 13.0. The molecule has 2 aromatic carbocycles. The third-order valence-electron chi connectivity index (χ3n) is 3.81. The Kier molecular flexibility index (Phi) is 4.36. The van der Waals surface area contributed by atoms with E-state index < -0.39 is 11.7 Å². The summed E-state index contributed by atoms with van der Waals surface area (Å²) in [6.07, 6.45) is -4.15. The molecule has 0 fully saturated rings. The topological polar surface area (TPSA) is 43.7 Å². The minimum atomic E-state index is -4.43. The first-order valence-electron chi connectivity index (χ1n) is 7.50. The number of thiazole rings is 1. The molecular formula is C17H10BrF3N2O2S. The zero-order chi connectivity index (χ0) is 18.3. The molecule has 3 aromatic rings. The molecule has 0 aliphatic carbocycles. The molecular weight excluding hydrogens is 433 g/mol. The Morgan fingerprint density at radius 1 is 1.23 bits per heavy atom. The van der Waals surface area contributed by atoms with Crippen molar-refractivity contribution in [3.05, 3.63) is 53.0 Å². The summed E-state index contributed by atoms with van der Waals surface area (Å²) < 4.78 is 46.0. The Morgan fingerprint density at radius 3 is 2.81 bits per heavy atom. The number of ether oxygens (including phenoxy) is 1. The Balaban J connectivity index is 1.71. The number of benzene rings is 2. The Morgan fingerprint density at radius 2 is 2.08 bits per heavy atom. The van der Waals surface area contributed by atoms with E-state index >= 15 is 0 Å². The number of hydrogen-bond donors (Lipinski definition) is 0. The highest BCUT2D eigenvalue weighted by Crippen LogP contribution is 2.39. The highest BCUT2D eigenvalue weighted by atomic mass is 79.9. The summed E-state index contributed by atoms with van der Waals surface area (Å²) in [6, 6.07) is 8.42. The van der Waals surface area contributed by atoms with Crippen molar-refractivity contribution in [3.8, 4) is 11.5 Å². The second-order valence-electron chi connectivity index (χ2n) is 5.61. The van der Waals surface area contributed by atoms with E-state index in [0.717, 1.165) is 22.4 Å². The monoisotopic (exact) mass is 442 g/mol. The van der Waals surface area contributed by atoms with Crippen LogP contribution in [0.2, 0.25) is 0 Å². The highest BCUT2D eigenvalue weighted by Gasteiger charge is 2.31. The number of nitrogens with zero attached hydrogens (tertiary/aromatic N) is 2. The van der Waals surface area contributed by atoms with Crippen LogP contribution in [-0.4, -0.2) is 9.60 Å². The van der Waals surface area contributed by atoms with Crippen LogP contribution in [0.25, 0.3) is 10.2 Å². The van der Waals surface area contributed by atoms with Gasteiger partial charge in [-0.2, -0.15) is 13.2 Å². The summed E-state index contributed by atoms with van der Waals surface area (Å²) >= 11 is 4.65. The molecule has 2 heterocycles. The third kappa shape index (κ3) is 3.41. The fourth-order valence-corrected chi connectivity index (χ4v) is 3.71. The zero-order valence-corrected chi connectivity index (χ0v) is 15.4. The predicted molar refractivity (Wildman–Crippen MR) is 95.9 cm³/mol. The van der Waals surface area contributed by atoms with Gasteiger partial charge in [0.25, 0.3) is 0 Å². The van der Waals surface area contributed by atoms with Crippen molar-refractivity contribution in [2.45, 2.75) is 18.7 Å². The molecule has 0 amide bonds. The molecule has 0 radical (unpaired) electrons. The van der Waals surface area contributed by atoms with Crippen molar-refractivity contribution in [1.82, 2.24) is 4.98 Å². The molecule has 26 heavy (non-hydrogen) atoms. The van der Waals surface area contributed by atoms with Crippen LogP contribution < -0.4 is 4.74 Å². The second-order valence-corrected chi connectivity index (χ2v) is 7.38. The highest BCUT2D eigenvalue weighted by molar-refractivity contribution is 9.18. The molecule has 4 rings (SSSR count). The summed E-state index contributed by atoms with van der Waals surface area (Å²) in [6.45, 7) is 0. The first-order valence-corrected chi connectivity index (χ1v) is 9.18. The van der Waals surface area contributed by atoms with Crippen LogP contribution in [0.4, 0.5) is 13.2 Å². The van der Waals surface area contributed by atoms with E-state index in [1.165, 1.54) is 23.5 Å². The molecule has 0 saturated carbocycles.